The van der Waals surface area contributed by atoms with E-state index >= 15 is 0 Å². The van der Waals surface area contributed by atoms with Crippen molar-refractivity contribution in [2.45, 2.75) is 0 Å². The van der Waals surface area contributed by atoms with E-state index in [1.54, 1.807) is 12.2 Å². The third-order valence-corrected chi connectivity index (χ3v) is 3.60. The summed E-state index contributed by atoms with van der Waals surface area (Å²) in [7, 11) is 0. The number of nitrogens with one attached hydrogen (secondary N) is 2. The van der Waals surface area contributed by atoms with Gasteiger partial charge in [-0.25, -0.2) is 0 Å². The first-order valence-electron chi connectivity index (χ1n) is 5.43. The zero-order valence-corrected chi connectivity index (χ0v) is 12.3. The first-order valence-corrected chi connectivity index (χ1v) is 7.04. The number of benzene rings is 1. The minimum absolute atomic E-state index is 0.139. The van der Waals surface area contributed by atoms with Gasteiger partial charge in [0.1, 0.15) is 12.4 Å². The highest BCUT2D eigenvalue weighted by Gasteiger charge is 2.22. The van der Waals surface area contributed by atoms with E-state index in [0.29, 0.717) is 17.3 Å². The van der Waals surface area contributed by atoms with Gasteiger partial charge in [-0.15, -0.1) is 0 Å². The second kappa shape index (κ2) is 6.08. The van der Waals surface area contributed by atoms with Crippen LogP contribution in [0.3, 0.4) is 0 Å². The first kappa shape index (κ1) is 13.9. The van der Waals surface area contributed by atoms with Gasteiger partial charge in [0.2, 0.25) is 0 Å². The second-order valence-electron chi connectivity index (χ2n) is 3.68. The van der Waals surface area contributed by atoms with E-state index in [-0.39, 0.29) is 11.1 Å². The molecule has 2 N–H and O–H groups in total. The van der Waals surface area contributed by atoms with Crippen molar-refractivity contribution in [3.05, 3.63) is 45.8 Å². The van der Waals surface area contributed by atoms with Gasteiger partial charge in [-0.2, -0.15) is 0 Å². The lowest BCUT2D eigenvalue weighted by atomic mass is 10.2. The Balaban J connectivity index is 2.35. The van der Waals surface area contributed by atoms with Crippen LogP contribution in [0, 0.1) is 5.41 Å². The van der Waals surface area contributed by atoms with Gasteiger partial charge in [-0.3, -0.25) is 10.2 Å². The molecule has 0 radical (unpaired) electrons. The van der Waals surface area contributed by atoms with Crippen LogP contribution in [0.1, 0.15) is 5.56 Å². The Morgan fingerprint density at radius 3 is 2.95 bits per heavy atom. The van der Waals surface area contributed by atoms with Gasteiger partial charge in [0.25, 0.3) is 5.91 Å². The van der Waals surface area contributed by atoms with E-state index < -0.39 is 0 Å². The van der Waals surface area contributed by atoms with Crippen molar-refractivity contribution in [1.82, 2.24) is 5.32 Å². The minimum atomic E-state index is -0.260. The third-order valence-electron chi connectivity index (χ3n) is 2.28. The van der Waals surface area contributed by atoms with Crippen molar-refractivity contribution < 1.29 is 9.53 Å². The summed E-state index contributed by atoms with van der Waals surface area (Å²) in [6.45, 7) is 4.00. The molecule has 0 unspecified atom stereocenters. The summed E-state index contributed by atoms with van der Waals surface area (Å²) in [5.74, 6) is 0.409. The summed E-state index contributed by atoms with van der Waals surface area (Å²) >= 11 is 4.49. The topological polar surface area (TPSA) is 62.2 Å². The highest BCUT2D eigenvalue weighted by molar-refractivity contribution is 9.10. The zero-order chi connectivity index (χ0) is 13.8. The summed E-state index contributed by atoms with van der Waals surface area (Å²) in [5, 5.41) is 9.99. The maximum absolute atomic E-state index is 11.6. The minimum Gasteiger partial charge on any atom is -0.489 e. The van der Waals surface area contributed by atoms with Gasteiger partial charge in [-0.05, 0) is 36.0 Å². The van der Waals surface area contributed by atoms with Crippen molar-refractivity contribution in [3.63, 3.8) is 0 Å². The van der Waals surface area contributed by atoms with E-state index in [0.717, 1.165) is 21.8 Å². The molecule has 1 aliphatic rings. The lowest BCUT2D eigenvalue weighted by molar-refractivity contribution is -0.115. The molecule has 0 spiro atoms. The number of ether oxygens (including phenoxy) is 1. The highest BCUT2D eigenvalue weighted by atomic mass is 79.9. The first-order chi connectivity index (χ1) is 9.10. The van der Waals surface area contributed by atoms with Crippen LogP contribution in [0.15, 0.2) is 40.2 Å². The summed E-state index contributed by atoms with van der Waals surface area (Å²) in [6, 6.07) is 5.55. The van der Waals surface area contributed by atoms with Crippen molar-refractivity contribution >= 4 is 44.8 Å². The van der Waals surface area contributed by atoms with Crippen molar-refractivity contribution in [2.75, 3.05) is 6.61 Å². The summed E-state index contributed by atoms with van der Waals surface area (Å²) in [4.78, 5) is 12.1. The van der Waals surface area contributed by atoms with Crippen LogP contribution in [-0.4, -0.2) is 17.7 Å². The summed E-state index contributed by atoms with van der Waals surface area (Å²) < 4.78 is 6.43. The van der Waals surface area contributed by atoms with Gasteiger partial charge in [-0.1, -0.05) is 28.6 Å². The average molecular weight is 339 g/mol. The molecule has 0 aromatic heterocycles. The molecule has 0 bridgehead atoms. The van der Waals surface area contributed by atoms with Crippen LogP contribution in [-0.2, 0) is 4.79 Å². The van der Waals surface area contributed by atoms with Gasteiger partial charge < -0.3 is 10.1 Å². The predicted molar refractivity (Wildman–Crippen MR) is 81.3 cm³/mol. The molecule has 1 fully saturated rings. The number of halogens is 1. The van der Waals surface area contributed by atoms with Crippen LogP contribution in [0.4, 0.5) is 0 Å². The molecule has 1 heterocycles. The SMILES string of the molecule is C=CCOc1ccc(Br)cc1C=C1SC(=N)NC1=O. The molecular weight excluding hydrogens is 328 g/mol. The van der Waals surface area contributed by atoms with E-state index in [1.807, 2.05) is 18.2 Å². The maximum Gasteiger partial charge on any atom is 0.264 e. The molecule has 0 atom stereocenters. The molecule has 1 amide bonds. The largest absolute Gasteiger partial charge is 0.489 e. The standard InChI is InChI=1S/C13H11BrN2O2S/c1-2-5-18-10-4-3-9(14)6-8(10)7-11-12(17)16-13(15)19-11/h2-4,6-7H,1,5H2,(H2,15,16,17). The molecule has 1 aliphatic heterocycles. The monoisotopic (exact) mass is 338 g/mol. The Morgan fingerprint density at radius 2 is 2.32 bits per heavy atom. The molecule has 1 saturated heterocycles. The third kappa shape index (κ3) is 3.48. The number of carbonyl (C=O) groups excluding carboxylic acids is 1. The van der Waals surface area contributed by atoms with E-state index in [9.17, 15) is 4.79 Å². The Bertz CT molecular complexity index is 584. The lowest BCUT2D eigenvalue weighted by Gasteiger charge is -2.08. The van der Waals surface area contributed by atoms with Crippen molar-refractivity contribution in [1.29, 1.82) is 5.41 Å². The predicted octanol–water partition coefficient (Wildman–Crippen LogP) is 3.15. The number of amidine groups is 1. The molecule has 98 valence electrons. The van der Waals surface area contributed by atoms with Crippen molar-refractivity contribution in [2.24, 2.45) is 0 Å². The Labute approximate surface area is 123 Å². The number of thioether (sulfide) groups is 1. The Kier molecular flexibility index (Phi) is 4.44. The summed E-state index contributed by atoms with van der Waals surface area (Å²) in [5.41, 5.74) is 0.781. The lowest BCUT2D eigenvalue weighted by Crippen LogP contribution is -2.18. The molecule has 2 rings (SSSR count). The quantitative estimate of drug-likeness (QED) is 0.654. The number of carbonyl (C=O) groups is 1. The smallest absolute Gasteiger partial charge is 0.264 e. The molecule has 0 saturated carbocycles. The molecular formula is C13H11BrN2O2S. The van der Waals surface area contributed by atoms with Crippen LogP contribution in [0.2, 0.25) is 0 Å². The molecule has 1 aromatic rings. The number of hydrogen-bond donors (Lipinski definition) is 2. The number of rotatable bonds is 4. The van der Waals surface area contributed by atoms with E-state index in [2.05, 4.69) is 27.8 Å². The Morgan fingerprint density at radius 1 is 1.53 bits per heavy atom. The second-order valence-corrected chi connectivity index (χ2v) is 5.64. The van der Waals surface area contributed by atoms with Crippen LogP contribution in [0.5, 0.6) is 5.75 Å². The zero-order valence-electron chi connectivity index (χ0n) is 9.90. The Hall–Kier alpha value is -1.53. The van der Waals surface area contributed by atoms with Crippen LogP contribution in [0.25, 0.3) is 6.08 Å². The van der Waals surface area contributed by atoms with E-state index in [4.69, 9.17) is 10.1 Å². The fourth-order valence-electron chi connectivity index (χ4n) is 1.50. The van der Waals surface area contributed by atoms with Crippen LogP contribution < -0.4 is 10.1 Å². The van der Waals surface area contributed by atoms with Gasteiger partial charge in [0, 0.05) is 10.0 Å². The molecule has 0 aliphatic carbocycles. The highest BCUT2D eigenvalue weighted by Crippen LogP contribution is 2.30. The number of hydrogen-bond acceptors (Lipinski definition) is 4. The average Bonchev–Trinajstić information content (AvgIpc) is 2.67. The van der Waals surface area contributed by atoms with Crippen molar-refractivity contribution in [3.8, 4) is 5.75 Å². The summed E-state index contributed by atoms with van der Waals surface area (Å²) in [6.07, 6.45) is 3.37. The normalized spacial score (nSPS) is 16.6. The molecule has 1 aromatic carbocycles. The van der Waals surface area contributed by atoms with Gasteiger partial charge in [0.05, 0.1) is 4.91 Å². The fourth-order valence-corrected chi connectivity index (χ4v) is 2.57. The molecule has 4 nitrogen and oxygen atoms in total. The van der Waals surface area contributed by atoms with E-state index in [1.165, 1.54) is 0 Å². The van der Waals surface area contributed by atoms with Crippen LogP contribution >= 0.6 is 27.7 Å². The molecule has 6 heteroatoms. The number of amides is 1. The molecule has 19 heavy (non-hydrogen) atoms. The fraction of sp³-hybridized carbons (Fsp3) is 0.0769. The maximum atomic E-state index is 11.6. The van der Waals surface area contributed by atoms with Gasteiger partial charge in [0.15, 0.2) is 5.17 Å². The van der Waals surface area contributed by atoms with Gasteiger partial charge >= 0.3 is 0 Å².